The second-order valence-electron chi connectivity index (χ2n) is 6.52. The molecule has 1 aliphatic rings. The largest absolute Gasteiger partial charge is 0.493 e. The van der Waals surface area contributed by atoms with E-state index < -0.39 is 0 Å². The Morgan fingerprint density at radius 2 is 1.90 bits per heavy atom. The van der Waals surface area contributed by atoms with Gasteiger partial charge in [-0.1, -0.05) is 5.16 Å². The SMILES string of the molecule is COc1cc(-c2noc(-c3ccn(C4CCCNC4)n3)n2)cc(OC)c1OC.Cl. The number of aromatic nitrogens is 4. The van der Waals surface area contributed by atoms with E-state index in [4.69, 9.17) is 18.7 Å². The number of benzene rings is 1. The molecule has 0 amide bonds. The van der Waals surface area contributed by atoms with E-state index in [9.17, 15) is 0 Å². The first kappa shape index (κ1) is 20.9. The molecule has 0 saturated carbocycles. The number of piperidine rings is 1. The van der Waals surface area contributed by atoms with Crippen LogP contribution in [0.1, 0.15) is 18.9 Å². The highest BCUT2D eigenvalue weighted by molar-refractivity contribution is 5.85. The zero-order valence-electron chi connectivity index (χ0n) is 16.5. The summed E-state index contributed by atoms with van der Waals surface area (Å²) in [5.41, 5.74) is 1.34. The van der Waals surface area contributed by atoms with Gasteiger partial charge in [-0.3, -0.25) is 4.68 Å². The van der Waals surface area contributed by atoms with Crippen LogP contribution < -0.4 is 19.5 Å². The van der Waals surface area contributed by atoms with Crippen LogP contribution in [0.2, 0.25) is 0 Å². The lowest BCUT2D eigenvalue weighted by atomic mass is 10.1. The van der Waals surface area contributed by atoms with E-state index in [1.165, 1.54) is 0 Å². The van der Waals surface area contributed by atoms with Gasteiger partial charge >= 0.3 is 0 Å². The first-order chi connectivity index (χ1) is 13.7. The number of nitrogens with one attached hydrogen (secondary N) is 1. The molecular weight excluding hydrogens is 398 g/mol. The minimum absolute atomic E-state index is 0. The fourth-order valence-corrected chi connectivity index (χ4v) is 3.37. The van der Waals surface area contributed by atoms with Crippen molar-refractivity contribution < 1.29 is 18.7 Å². The molecule has 156 valence electrons. The van der Waals surface area contributed by atoms with Crippen molar-refractivity contribution in [1.82, 2.24) is 25.2 Å². The highest BCUT2D eigenvalue weighted by Gasteiger charge is 2.20. The fourth-order valence-electron chi connectivity index (χ4n) is 3.37. The summed E-state index contributed by atoms with van der Waals surface area (Å²) in [7, 11) is 4.69. The van der Waals surface area contributed by atoms with E-state index >= 15 is 0 Å². The van der Waals surface area contributed by atoms with E-state index in [-0.39, 0.29) is 12.4 Å². The Labute approximate surface area is 174 Å². The Bertz CT molecular complexity index is 927. The first-order valence-electron chi connectivity index (χ1n) is 9.13. The van der Waals surface area contributed by atoms with Crippen LogP contribution in [0.25, 0.3) is 23.0 Å². The topological polar surface area (TPSA) is 96.5 Å². The summed E-state index contributed by atoms with van der Waals surface area (Å²) in [6.07, 6.45) is 4.21. The molecule has 4 rings (SSSR count). The minimum Gasteiger partial charge on any atom is -0.493 e. The predicted octanol–water partition coefficient (Wildman–Crippen LogP) is 2.97. The first-order valence-corrected chi connectivity index (χ1v) is 9.13. The van der Waals surface area contributed by atoms with Gasteiger partial charge in [-0.05, 0) is 37.6 Å². The molecule has 2 aromatic heterocycles. The van der Waals surface area contributed by atoms with E-state index in [1.807, 2.05) is 16.9 Å². The number of nitrogens with zero attached hydrogens (tertiary/aromatic N) is 4. The van der Waals surface area contributed by atoms with Crippen molar-refractivity contribution in [2.75, 3.05) is 34.4 Å². The molecule has 0 bridgehead atoms. The standard InChI is InChI=1S/C19H23N5O4.ClH/c1-25-15-9-12(10-16(26-2)17(15)27-3)18-21-19(28-23-18)14-6-8-24(22-14)13-5-4-7-20-11-13;/h6,8-10,13,20H,4-5,7,11H2,1-3H3;1H. The summed E-state index contributed by atoms with van der Waals surface area (Å²) in [5, 5.41) is 12.1. The van der Waals surface area contributed by atoms with Gasteiger partial charge in [0.1, 0.15) is 0 Å². The van der Waals surface area contributed by atoms with Crippen LogP contribution in [-0.4, -0.2) is 54.3 Å². The van der Waals surface area contributed by atoms with Crippen molar-refractivity contribution in [3.8, 4) is 40.2 Å². The third kappa shape index (κ3) is 4.15. The second-order valence-corrected chi connectivity index (χ2v) is 6.52. The van der Waals surface area contributed by atoms with Crippen LogP contribution >= 0.6 is 12.4 Å². The van der Waals surface area contributed by atoms with E-state index in [2.05, 4.69) is 20.6 Å². The van der Waals surface area contributed by atoms with Crippen LogP contribution in [0.15, 0.2) is 28.9 Å². The second kappa shape index (κ2) is 9.15. The summed E-state index contributed by atoms with van der Waals surface area (Å²) in [4.78, 5) is 4.49. The van der Waals surface area contributed by atoms with E-state index in [0.29, 0.717) is 46.3 Å². The monoisotopic (exact) mass is 421 g/mol. The maximum Gasteiger partial charge on any atom is 0.278 e. The van der Waals surface area contributed by atoms with Gasteiger partial charge in [-0.25, -0.2) is 0 Å². The van der Waals surface area contributed by atoms with Gasteiger partial charge in [0.2, 0.25) is 11.6 Å². The Hall–Kier alpha value is -2.78. The smallest absolute Gasteiger partial charge is 0.278 e. The summed E-state index contributed by atoms with van der Waals surface area (Å²) >= 11 is 0. The molecule has 0 spiro atoms. The Balaban J connectivity index is 0.00000240. The van der Waals surface area contributed by atoms with Crippen molar-refractivity contribution in [2.45, 2.75) is 18.9 Å². The molecule has 1 aliphatic heterocycles. The maximum atomic E-state index is 5.44. The molecule has 9 nitrogen and oxygen atoms in total. The van der Waals surface area contributed by atoms with Crippen LogP contribution in [0.4, 0.5) is 0 Å². The molecular formula is C19H24ClN5O4. The lowest BCUT2D eigenvalue weighted by molar-refractivity contribution is 0.324. The van der Waals surface area contributed by atoms with Crippen LogP contribution in [0.5, 0.6) is 17.2 Å². The molecule has 0 aliphatic carbocycles. The molecule has 1 N–H and O–H groups in total. The summed E-state index contributed by atoms with van der Waals surface area (Å²) in [5.74, 6) is 2.35. The highest BCUT2D eigenvalue weighted by atomic mass is 35.5. The fraction of sp³-hybridized carbons (Fsp3) is 0.421. The molecule has 3 aromatic rings. The quantitative estimate of drug-likeness (QED) is 0.648. The van der Waals surface area contributed by atoms with Gasteiger partial charge in [0.15, 0.2) is 17.2 Å². The van der Waals surface area contributed by atoms with Gasteiger partial charge in [0.25, 0.3) is 5.89 Å². The molecule has 1 saturated heterocycles. The molecule has 1 unspecified atom stereocenters. The predicted molar refractivity (Wildman–Crippen MR) is 109 cm³/mol. The van der Waals surface area contributed by atoms with Gasteiger partial charge in [-0.15, -0.1) is 12.4 Å². The zero-order chi connectivity index (χ0) is 19.5. The van der Waals surface area contributed by atoms with Crippen LogP contribution in [0, 0.1) is 0 Å². The van der Waals surface area contributed by atoms with Crippen molar-refractivity contribution in [3.05, 3.63) is 24.4 Å². The van der Waals surface area contributed by atoms with Gasteiger partial charge < -0.3 is 24.1 Å². The summed E-state index contributed by atoms with van der Waals surface area (Å²) < 4.78 is 23.5. The third-order valence-electron chi connectivity index (χ3n) is 4.82. The van der Waals surface area contributed by atoms with Gasteiger partial charge in [0, 0.05) is 18.3 Å². The van der Waals surface area contributed by atoms with E-state index in [0.717, 1.165) is 25.9 Å². The van der Waals surface area contributed by atoms with Gasteiger partial charge in [0.05, 0.1) is 27.4 Å². The van der Waals surface area contributed by atoms with Crippen molar-refractivity contribution in [2.24, 2.45) is 0 Å². The third-order valence-corrected chi connectivity index (χ3v) is 4.82. The molecule has 10 heteroatoms. The molecule has 1 fully saturated rings. The number of rotatable bonds is 6. The minimum atomic E-state index is 0. The van der Waals surface area contributed by atoms with Crippen molar-refractivity contribution in [1.29, 1.82) is 0 Å². The number of ether oxygens (including phenoxy) is 3. The average molecular weight is 422 g/mol. The lowest BCUT2D eigenvalue weighted by Crippen LogP contribution is -2.31. The molecule has 3 heterocycles. The molecule has 1 aromatic carbocycles. The number of hydrogen-bond acceptors (Lipinski definition) is 8. The highest BCUT2D eigenvalue weighted by Crippen LogP contribution is 2.40. The Morgan fingerprint density at radius 3 is 2.52 bits per heavy atom. The van der Waals surface area contributed by atoms with Crippen molar-refractivity contribution in [3.63, 3.8) is 0 Å². The molecule has 29 heavy (non-hydrogen) atoms. The van der Waals surface area contributed by atoms with E-state index in [1.54, 1.807) is 33.5 Å². The summed E-state index contributed by atoms with van der Waals surface area (Å²) in [6.45, 7) is 1.98. The summed E-state index contributed by atoms with van der Waals surface area (Å²) in [6, 6.07) is 5.80. The number of hydrogen-bond donors (Lipinski definition) is 1. The number of halogens is 1. The number of methoxy groups -OCH3 is 3. The van der Waals surface area contributed by atoms with Crippen molar-refractivity contribution >= 4 is 12.4 Å². The van der Waals surface area contributed by atoms with Crippen LogP contribution in [-0.2, 0) is 0 Å². The Kier molecular flexibility index (Phi) is 6.60. The maximum absolute atomic E-state index is 5.44. The normalized spacial score (nSPS) is 16.2. The average Bonchev–Trinajstić information content (AvgIpc) is 3.43. The molecule has 1 atom stereocenters. The molecule has 0 radical (unpaired) electrons. The van der Waals surface area contributed by atoms with Gasteiger partial charge in [-0.2, -0.15) is 10.1 Å². The lowest BCUT2D eigenvalue weighted by Gasteiger charge is -2.22. The zero-order valence-corrected chi connectivity index (χ0v) is 17.4. The Morgan fingerprint density at radius 1 is 1.14 bits per heavy atom. The van der Waals surface area contributed by atoms with Crippen LogP contribution in [0.3, 0.4) is 0 Å².